The standard InChI is InChI=1S/C11H22N2/c1-9-7-10(12)11(8-9)3-5-13(2)6-4-11/h9-10H,3-8,12H2,1-2H3/t9-,10-/m1/s1. The fourth-order valence-corrected chi connectivity index (χ4v) is 3.25. The van der Waals surface area contributed by atoms with Gasteiger partial charge in [-0.1, -0.05) is 6.92 Å². The fraction of sp³-hybridized carbons (Fsp3) is 1.00. The molecule has 2 nitrogen and oxygen atoms in total. The molecule has 76 valence electrons. The molecule has 2 atom stereocenters. The number of hydrogen-bond acceptors (Lipinski definition) is 2. The topological polar surface area (TPSA) is 29.3 Å². The van der Waals surface area contributed by atoms with Crippen molar-refractivity contribution in [1.29, 1.82) is 0 Å². The van der Waals surface area contributed by atoms with E-state index in [9.17, 15) is 0 Å². The zero-order valence-electron chi connectivity index (χ0n) is 8.92. The summed E-state index contributed by atoms with van der Waals surface area (Å²) in [7, 11) is 2.22. The Bertz CT molecular complexity index is 183. The van der Waals surface area contributed by atoms with Gasteiger partial charge in [-0.3, -0.25) is 0 Å². The molecule has 0 aromatic rings. The predicted molar refractivity (Wildman–Crippen MR) is 55.5 cm³/mol. The molecule has 0 radical (unpaired) electrons. The molecule has 2 N–H and O–H groups in total. The summed E-state index contributed by atoms with van der Waals surface area (Å²) in [5.74, 6) is 0.860. The first-order chi connectivity index (χ1) is 6.12. The van der Waals surface area contributed by atoms with E-state index in [1.807, 2.05) is 0 Å². The number of rotatable bonds is 0. The van der Waals surface area contributed by atoms with Crippen LogP contribution in [0.25, 0.3) is 0 Å². The Kier molecular flexibility index (Phi) is 2.37. The average Bonchev–Trinajstić information content (AvgIpc) is 2.34. The maximum absolute atomic E-state index is 6.26. The quantitative estimate of drug-likeness (QED) is 0.614. The van der Waals surface area contributed by atoms with Gasteiger partial charge < -0.3 is 10.6 Å². The minimum absolute atomic E-state index is 0.483. The van der Waals surface area contributed by atoms with Crippen molar-refractivity contribution in [3.63, 3.8) is 0 Å². The predicted octanol–water partition coefficient (Wildman–Crippen LogP) is 1.46. The largest absolute Gasteiger partial charge is 0.327 e. The van der Waals surface area contributed by atoms with Crippen LogP contribution in [0.3, 0.4) is 0 Å². The lowest BCUT2D eigenvalue weighted by atomic mass is 9.74. The van der Waals surface area contributed by atoms with E-state index in [1.54, 1.807) is 0 Å². The van der Waals surface area contributed by atoms with E-state index in [2.05, 4.69) is 18.9 Å². The number of nitrogens with zero attached hydrogens (tertiary/aromatic N) is 1. The van der Waals surface area contributed by atoms with Crippen LogP contribution in [0.1, 0.15) is 32.6 Å². The van der Waals surface area contributed by atoms with Crippen molar-refractivity contribution in [2.45, 2.75) is 38.6 Å². The first kappa shape index (κ1) is 9.47. The lowest BCUT2D eigenvalue weighted by Crippen LogP contribution is -2.45. The molecular formula is C11H22N2. The highest BCUT2D eigenvalue weighted by atomic mass is 15.1. The van der Waals surface area contributed by atoms with Crippen LogP contribution in [0.15, 0.2) is 0 Å². The van der Waals surface area contributed by atoms with Gasteiger partial charge in [-0.25, -0.2) is 0 Å². The smallest absolute Gasteiger partial charge is 0.00991 e. The third-order valence-corrected chi connectivity index (χ3v) is 4.18. The van der Waals surface area contributed by atoms with Crippen LogP contribution in [0.2, 0.25) is 0 Å². The second-order valence-electron chi connectivity index (χ2n) is 5.32. The molecule has 2 aliphatic rings. The molecule has 1 spiro atoms. The van der Waals surface area contributed by atoms with Gasteiger partial charge in [0.2, 0.25) is 0 Å². The highest BCUT2D eigenvalue weighted by Gasteiger charge is 2.44. The molecular weight excluding hydrogens is 160 g/mol. The van der Waals surface area contributed by atoms with Gasteiger partial charge in [-0.15, -0.1) is 0 Å². The van der Waals surface area contributed by atoms with E-state index in [-0.39, 0.29) is 0 Å². The van der Waals surface area contributed by atoms with Crippen LogP contribution in [0.5, 0.6) is 0 Å². The molecule has 1 saturated carbocycles. The number of hydrogen-bond donors (Lipinski definition) is 1. The first-order valence-electron chi connectivity index (χ1n) is 5.56. The zero-order chi connectivity index (χ0) is 9.47. The van der Waals surface area contributed by atoms with Crippen molar-refractivity contribution in [1.82, 2.24) is 4.90 Å². The van der Waals surface area contributed by atoms with Crippen molar-refractivity contribution in [2.75, 3.05) is 20.1 Å². The number of nitrogens with two attached hydrogens (primary N) is 1. The van der Waals surface area contributed by atoms with Crippen LogP contribution in [-0.4, -0.2) is 31.1 Å². The van der Waals surface area contributed by atoms with Crippen LogP contribution in [0, 0.1) is 11.3 Å². The zero-order valence-corrected chi connectivity index (χ0v) is 8.92. The maximum atomic E-state index is 6.26. The molecule has 0 aromatic carbocycles. The Morgan fingerprint density at radius 3 is 2.38 bits per heavy atom. The summed E-state index contributed by atoms with van der Waals surface area (Å²) < 4.78 is 0. The Morgan fingerprint density at radius 2 is 1.92 bits per heavy atom. The van der Waals surface area contributed by atoms with Gasteiger partial charge >= 0.3 is 0 Å². The van der Waals surface area contributed by atoms with Crippen molar-refractivity contribution in [3.05, 3.63) is 0 Å². The fourth-order valence-electron chi connectivity index (χ4n) is 3.25. The summed E-state index contributed by atoms with van der Waals surface area (Å²) in [4.78, 5) is 2.43. The van der Waals surface area contributed by atoms with E-state index in [0.29, 0.717) is 11.5 Å². The van der Waals surface area contributed by atoms with Crippen LogP contribution < -0.4 is 5.73 Å². The summed E-state index contributed by atoms with van der Waals surface area (Å²) in [5, 5.41) is 0. The lowest BCUT2D eigenvalue weighted by molar-refractivity contribution is 0.109. The molecule has 2 fully saturated rings. The molecule has 1 saturated heterocycles. The van der Waals surface area contributed by atoms with E-state index < -0.39 is 0 Å². The summed E-state index contributed by atoms with van der Waals surface area (Å²) in [6.45, 7) is 4.85. The summed E-state index contributed by atoms with van der Waals surface area (Å²) in [5.41, 5.74) is 6.78. The van der Waals surface area contributed by atoms with E-state index in [4.69, 9.17) is 5.73 Å². The molecule has 2 rings (SSSR count). The Balaban J connectivity index is 2.04. The van der Waals surface area contributed by atoms with Crippen molar-refractivity contribution in [2.24, 2.45) is 17.1 Å². The van der Waals surface area contributed by atoms with Crippen LogP contribution in [-0.2, 0) is 0 Å². The van der Waals surface area contributed by atoms with Crippen molar-refractivity contribution < 1.29 is 0 Å². The molecule has 0 unspecified atom stereocenters. The average molecular weight is 182 g/mol. The highest BCUT2D eigenvalue weighted by molar-refractivity contribution is 4.99. The highest BCUT2D eigenvalue weighted by Crippen LogP contribution is 2.47. The minimum atomic E-state index is 0.483. The molecule has 1 heterocycles. The van der Waals surface area contributed by atoms with Gasteiger partial charge in [0.1, 0.15) is 0 Å². The SMILES string of the molecule is C[C@@H]1C[C@@H](N)C2(CCN(C)CC2)C1. The van der Waals surface area contributed by atoms with E-state index in [1.165, 1.54) is 38.8 Å². The minimum Gasteiger partial charge on any atom is -0.327 e. The normalized spacial score (nSPS) is 39.9. The molecule has 0 aromatic heterocycles. The van der Waals surface area contributed by atoms with Gasteiger partial charge in [-0.2, -0.15) is 0 Å². The second-order valence-corrected chi connectivity index (χ2v) is 5.32. The molecule has 1 aliphatic heterocycles. The van der Waals surface area contributed by atoms with Gasteiger partial charge in [0.15, 0.2) is 0 Å². The molecule has 1 aliphatic carbocycles. The van der Waals surface area contributed by atoms with Crippen LogP contribution in [0.4, 0.5) is 0 Å². The summed E-state index contributed by atoms with van der Waals surface area (Å²) in [6.07, 6.45) is 5.29. The van der Waals surface area contributed by atoms with Gasteiger partial charge in [-0.05, 0) is 57.2 Å². The first-order valence-corrected chi connectivity index (χ1v) is 5.56. The summed E-state index contributed by atoms with van der Waals surface area (Å²) >= 11 is 0. The number of piperidine rings is 1. The van der Waals surface area contributed by atoms with E-state index in [0.717, 1.165) is 5.92 Å². The molecule has 2 heteroatoms. The van der Waals surface area contributed by atoms with Gasteiger partial charge in [0.05, 0.1) is 0 Å². The monoisotopic (exact) mass is 182 g/mol. The Labute approximate surface area is 81.5 Å². The van der Waals surface area contributed by atoms with Crippen LogP contribution >= 0.6 is 0 Å². The maximum Gasteiger partial charge on any atom is 0.00991 e. The molecule has 0 amide bonds. The number of likely N-dealkylation sites (tertiary alicyclic amines) is 1. The third kappa shape index (κ3) is 1.62. The Hall–Kier alpha value is -0.0800. The van der Waals surface area contributed by atoms with Crippen molar-refractivity contribution >= 4 is 0 Å². The van der Waals surface area contributed by atoms with Gasteiger partial charge in [0.25, 0.3) is 0 Å². The van der Waals surface area contributed by atoms with Crippen molar-refractivity contribution in [3.8, 4) is 0 Å². The lowest BCUT2D eigenvalue weighted by Gasteiger charge is -2.41. The third-order valence-electron chi connectivity index (χ3n) is 4.18. The Morgan fingerprint density at radius 1 is 1.31 bits per heavy atom. The molecule has 13 heavy (non-hydrogen) atoms. The van der Waals surface area contributed by atoms with E-state index >= 15 is 0 Å². The summed E-state index contributed by atoms with van der Waals surface area (Å²) in [6, 6.07) is 0.483. The second kappa shape index (κ2) is 3.25. The molecule has 0 bridgehead atoms. The van der Waals surface area contributed by atoms with Gasteiger partial charge in [0, 0.05) is 6.04 Å².